The first-order chi connectivity index (χ1) is 14.8. The number of rotatable bonds is 4. The molecule has 0 aliphatic carbocycles. The second-order valence-corrected chi connectivity index (χ2v) is 7.68. The van der Waals surface area contributed by atoms with E-state index in [4.69, 9.17) is 16.3 Å². The quantitative estimate of drug-likeness (QED) is 0.639. The molecule has 3 heterocycles. The fourth-order valence-corrected chi connectivity index (χ4v) is 3.18. The van der Waals surface area contributed by atoms with Gasteiger partial charge >= 0.3 is 12.1 Å². The number of nitrogens with zero attached hydrogens (tertiary/aromatic N) is 4. The Labute approximate surface area is 182 Å². The smallest absolute Gasteiger partial charge is 0.411 e. The summed E-state index contributed by atoms with van der Waals surface area (Å²) in [6.07, 6.45) is 4.02. The molecule has 10 nitrogen and oxygen atoms in total. The first-order valence-electron chi connectivity index (χ1n) is 9.48. The van der Waals surface area contributed by atoms with E-state index in [1.807, 2.05) is 0 Å². The molecule has 1 fully saturated rings. The van der Waals surface area contributed by atoms with Gasteiger partial charge in [-0.05, 0) is 32.0 Å². The van der Waals surface area contributed by atoms with Crippen LogP contribution in [0, 0.1) is 0 Å². The van der Waals surface area contributed by atoms with Crippen molar-refractivity contribution in [1.29, 1.82) is 0 Å². The lowest BCUT2D eigenvalue weighted by molar-refractivity contribution is -0.126. The maximum Gasteiger partial charge on any atom is 0.411 e. The SMILES string of the molecule is CC(C)OC(=O)Nc1cnc2nc(-c3cc(NC(=O)N4CC(=O)C4)ccc3Cl)cn2c1. The molecule has 2 aromatic heterocycles. The third-order valence-corrected chi connectivity index (χ3v) is 4.74. The maximum atomic E-state index is 12.2. The summed E-state index contributed by atoms with van der Waals surface area (Å²) in [6, 6.07) is 4.67. The molecule has 160 valence electrons. The minimum absolute atomic E-state index is 0.0236. The van der Waals surface area contributed by atoms with E-state index in [9.17, 15) is 14.4 Å². The Balaban J connectivity index is 1.55. The Hall–Kier alpha value is -3.66. The highest BCUT2D eigenvalue weighted by Crippen LogP contribution is 2.30. The zero-order chi connectivity index (χ0) is 22.1. The molecule has 0 atom stereocenters. The lowest BCUT2D eigenvalue weighted by atomic mass is 10.1. The summed E-state index contributed by atoms with van der Waals surface area (Å²) < 4.78 is 6.71. The Bertz CT molecular complexity index is 1180. The molecule has 0 radical (unpaired) electrons. The van der Waals surface area contributed by atoms with E-state index in [2.05, 4.69) is 20.6 Å². The van der Waals surface area contributed by atoms with Crippen molar-refractivity contribution in [2.45, 2.75) is 20.0 Å². The second kappa shape index (κ2) is 8.23. The largest absolute Gasteiger partial charge is 0.447 e. The van der Waals surface area contributed by atoms with Gasteiger partial charge < -0.3 is 15.0 Å². The summed E-state index contributed by atoms with van der Waals surface area (Å²) in [4.78, 5) is 45.1. The molecule has 1 saturated heterocycles. The fraction of sp³-hybridized carbons (Fsp3) is 0.250. The first kappa shape index (κ1) is 20.6. The average molecular weight is 443 g/mol. The van der Waals surface area contributed by atoms with E-state index in [0.29, 0.717) is 33.4 Å². The van der Waals surface area contributed by atoms with Crippen LogP contribution in [-0.4, -0.2) is 56.4 Å². The number of halogens is 1. The molecule has 2 N–H and O–H groups in total. The normalized spacial score (nSPS) is 13.3. The topological polar surface area (TPSA) is 118 Å². The van der Waals surface area contributed by atoms with Crippen LogP contribution in [0.1, 0.15) is 13.8 Å². The molecule has 0 spiro atoms. The van der Waals surface area contributed by atoms with Crippen molar-refractivity contribution in [2.24, 2.45) is 0 Å². The Morgan fingerprint density at radius 3 is 2.65 bits per heavy atom. The van der Waals surface area contributed by atoms with Gasteiger partial charge in [-0.15, -0.1) is 0 Å². The van der Waals surface area contributed by atoms with Crippen molar-refractivity contribution in [1.82, 2.24) is 19.3 Å². The van der Waals surface area contributed by atoms with Crippen LogP contribution in [0.2, 0.25) is 5.02 Å². The molecule has 11 heteroatoms. The van der Waals surface area contributed by atoms with E-state index in [1.54, 1.807) is 48.8 Å². The number of ketones is 1. The number of likely N-dealkylation sites (tertiary alicyclic amines) is 1. The number of fused-ring (bicyclic) bond motifs is 1. The molecule has 0 saturated carbocycles. The fourth-order valence-electron chi connectivity index (χ4n) is 2.97. The molecular weight excluding hydrogens is 424 g/mol. The maximum absolute atomic E-state index is 12.2. The van der Waals surface area contributed by atoms with Crippen LogP contribution >= 0.6 is 11.6 Å². The van der Waals surface area contributed by atoms with Crippen molar-refractivity contribution >= 4 is 46.7 Å². The van der Waals surface area contributed by atoms with E-state index in [1.165, 1.54) is 11.1 Å². The van der Waals surface area contributed by atoms with E-state index in [0.717, 1.165) is 0 Å². The van der Waals surface area contributed by atoms with Gasteiger partial charge in [-0.3, -0.25) is 14.5 Å². The number of hydrogen-bond acceptors (Lipinski definition) is 6. The highest BCUT2D eigenvalue weighted by molar-refractivity contribution is 6.33. The molecule has 0 bridgehead atoms. The monoisotopic (exact) mass is 442 g/mol. The van der Waals surface area contributed by atoms with Gasteiger partial charge in [0, 0.05) is 23.6 Å². The van der Waals surface area contributed by atoms with Gasteiger partial charge in [0.2, 0.25) is 5.78 Å². The Morgan fingerprint density at radius 2 is 1.94 bits per heavy atom. The van der Waals surface area contributed by atoms with Crippen LogP contribution in [0.25, 0.3) is 17.0 Å². The molecule has 3 aromatic rings. The average Bonchev–Trinajstić information content (AvgIpc) is 3.09. The number of aromatic nitrogens is 3. The van der Waals surface area contributed by atoms with Crippen molar-refractivity contribution in [3.8, 4) is 11.3 Å². The summed E-state index contributed by atoms with van der Waals surface area (Å²) in [5.74, 6) is 0.429. The second-order valence-electron chi connectivity index (χ2n) is 7.27. The summed E-state index contributed by atoms with van der Waals surface area (Å²) in [5, 5.41) is 5.80. The van der Waals surface area contributed by atoms with Crippen molar-refractivity contribution in [2.75, 3.05) is 23.7 Å². The minimum Gasteiger partial charge on any atom is -0.447 e. The van der Waals surface area contributed by atoms with Crippen LogP contribution in [0.15, 0.2) is 36.8 Å². The zero-order valence-electron chi connectivity index (χ0n) is 16.8. The number of nitrogens with one attached hydrogen (secondary N) is 2. The van der Waals surface area contributed by atoms with Gasteiger partial charge in [-0.2, -0.15) is 0 Å². The molecular formula is C20H19ClN6O4. The van der Waals surface area contributed by atoms with Gasteiger partial charge in [0.05, 0.1) is 41.8 Å². The van der Waals surface area contributed by atoms with Gasteiger partial charge in [0.1, 0.15) is 0 Å². The number of hydrogen-bond donors (Lipinski definition) is 2. The third kappa shape index (κ3) is 4.58. The number of Topliss-reactive ketones (excluding diaryl/α,β-unsaturated/α-hetero) is 1. The molecule has 0 unspecified atom stereocenters. The number of imidazole rings is 1. The van der Waals surface area contributed by atoms with Crippen LogP contribution in [0.4, 0.5) is 21.0 Å². The number of carbonyl (C=O) groups excluding carboxylic acids is 3. The number of benzene rings is 1. The summed E-state index contributed by atoms with van der Waals surface area (Å²) in [6.45, 7) is 3.75. The number of amides is 3. The summed E-state index contributed by atoms with van der Waals surface area (Å²) in [7, 11) is 0. The standard InChI is InChI=1S/C20H19ClN6O4/c1-11(2)31-20(30)24-13-6-22-18-25-17(10-26(18)7-13)15-5-12(3-4-16(15)21)23-19(29)27-8-14(28)9-27/h3-7,10-11H,8-9H2,1-2H3,(H,23,29)(H,24,30). The third-order valence-electron chi connectivity index (χ3n) is 4.41. The lowest BCUT2D eigenvalue weighted by Crippen LogP contribution is -2.52. The van der Waals surface area contributed by atoms with Crippen LogP contribution < -0.4 is 10.6 Å². The highest BCUT2D eigenvalue weighted by Gasteiger charge is 2.28. The lowest BCUT2D eigenvalue weighted by Gasteiger charge is -2.29. The first-order valence-corrected chi connectivity index (χ1v) is 9.86. The van der Waals surface area contributed by atoms with Gasteiger partial charge in [-0.1, -0.05) is 11.6 Å². The van der Waals surface area contributed by atoms with E-state index < -0.39 is 6.09 Å². The van der Waals surface area contributed by atoms with Crippen LogP contribution in [0.3, 0.4) is 0 Å². The van der Waals surface area contributed by atoms with E-state index >= 15 is 0 Å². The van der Waals surface area contributed by atoms with Gasteiger partial charge in [0.25, 0.3) is 0 Å². The van der Waals surface area contributed by atoms with Crippen LogP contribution in [0.5, 0.6) is 0 Å². The van der Waals surface area contributed by atoms with E-state index in [-0.39, 0.29) is 31.0 Å². The zero-order valence-corrected chi connectivity index (χ0v) is 17.5. The number of carbonyl (C=O) groups is 3. The predicted molar refractivity (Wildman–Crippen MR) is 114 cm³/mol. The predicted octanol–water partition coefficient (Wildman–Crippen LogP) is 3.42. The Kier molecular flexibility index (Phi) is 5.47. The number of urea groups is 1. The summed E-state index contributed by atoms with van der Waals surface area (Å²) in [5.41, 5.74) is 2.10. The van der Waals surface area contributed by atoms with Crippen molar-refractivity contribution < 1.29 is 19.1 Å². The molecule has 1 aromatic carbocycles. The molecule has 4 rings (SSSR count). The Morgan fingerprint density at radius 1 is 1.16 bits per heavy atom. The molecule has 1 aliphatic rings. The highest BCUT2D eigenvalue weighted by atomic mass is 35.5. The molecule has 1 aliphatic heterocycles. The molecule has 31 heavy (non-hydrogen) atoms. The number of anilines is 2. The van der Waals surface area contributed by atoms with Gasteiger partial charge in [-0.25, -0.2) is 19.6 Å². The molecule has 3 amide bonds. The number of ether oxygens (including phenoxy) is 1. The van der Waals surface area contributed by atoms with Crippen LogP contribution in [-0.2, 0) is 9.53 Å². The summed E-state index contributed by atoms with van der Waals surface area (Å²) >= 11 is 6.35. The van der Waals surface area contributed by atoms with Gasteiger partial charge in [0.15, 0.2) is 5.78 Å². The minimum atomic E-state index is -0.577. The van der Waals surface area contributed by atoms with Crippen molar-refractivity contribution in [3.63, 3.8) is 0 Å². The van der Waals surface area contributed by atoms with Crippen molar-refractivity contribution in [3.05, 3.63) is 41.8 Å².